The van der Waals surface area contributed by atoms with Crippen LogP contribution in [0.2, 0.25) is 0 Å². The Morgan fingerprint density at radius 2 is 2.06 bits per heavy atom. The molecule has 2 amide bonds. The van der Waals surface area contributed by atoms with Gasteiger partial charge in [-0.1, -0.05) is 6.58 Å². The van der Waals surface area contributed by atoms with Gasteiger partial charge in [0.25, 0.3) is 0 Å². The van der Waals surface area contributed by atoms with Crippen molar-refractivity contribution in [3.05, 3.63) is 36.4 Å². The van der Waals surface area contributed by atoms with Crippen LogP contribution in [0.3, 0.4) is 0 Å². The summed E-state index contributed by atoms with van der Waals surface area (Å²) in [5.41, 5.74) is 6.94. The molecule has 0 aromatic heterocycles. The first-order valence-electron chi connectivity index (χ1n) is 5.74. The van der Waals surface area contributed by atoms with Crippen LogP contribution in [0.25, 0.3) is 0 Å². The molecule has 0 radical (unpaired) electrons. The molecule has 0 saturated carbocycles. The summed E-state index contributed by atoms with van der Waals surface area (Å²) in [5.74, 6) is 0.742. The molecule has 0 aliphatic carbocycles. The summed E-state index contributed by atoms with van der Waals surface area (Å²) in [6.07, 6.45) is 0. The molecule has 1 rings (SSSR count). The molecule has 1 aromatic carbocycles. The lowest BCUT2D eigenvalue weighted by Gasteiger charge is -2.08. The van der Waals surface area contributed by atoms with Crippen molar-refractivity contribution in [1.82, 2.24) is 5.32 Å². The third kappa shape index (κ3) is 5.36. The number of nitrogens with one attached hydrogen (secondary N) is 2. The van der Waals surface area contributed by atoms with Gasteiger partial charge in [0.05, 0.1) is 0 Å². The smallest absolute Gasteiger partial charge is 0.319 e. The van der Waals surface area contributed by atoms with Gasteiger partial charge < -0.3 is 21.1 Å². The van der Waals surface area contributed by atoms with Crippen LogP contribution >= 0.6 is 0 Å². The Morgan fingerprint density at radius 3 is 2.61 bits per heavy atom. The largest absolute Gasteiger partial charge is 0.489 e. The minimum Gasteiger partial charge on any atom is -0.489 e. The van der Waals surface area contributed by atoms with Gasteiger partial charge in [-0.3, -0.25) is 0 Å². The molecule has 0 fully saturated rings. The minimum atomic E-state index is -0.268. The van der Waals surface area contributed by atoms with Crippen molar-refractivity contribution in [2.24, 2.45) is 5.73 Å². The molecular formula is C13H19N3O2. The molecule has 0 aliphatic heterocycles. The predicted octanol–water partition coefficient (Wildman–Crippen LogP) is 1.72. The molecule has 1 aromatic rings. The van der Waals surface area contributed by atoms with E-state index in [1.165, 1.54) is 0 Å². The van der Waals surface area contributed by atoms with Gasteiger partial charge in [0.15, 0.2) is 0 Å². The summed E-state index contributed by atoms with van der Waals surface area (Å²) in [6.45, 7) is 7.01. The van der Waals surface area contributed by atoms with E-state index in [0.717, 1.165) is 11.3 Å². The van der Waals surface area contributed by atoms with Crippen LogP contribution in [0, 0.1) is 0 Å². The molecule has 18 heavy (non-hydrogen) atoms. The van der Waals surface area contributed by atoms with Crippen molar-refractivity contribution in [2.75, 3.05) is 25.0 Å². The number of benzene rings is 1. The Balaban J connectivity index is 2.44. The summed E-state index contributed by atoms with van der Waals surface area (Å²) in [5, 5.41) is 5.31. The Hall–Kier alpha value is -2.01. The number of rotatable bonds is 6. The van der Waals surface area contributed by atoms with Gasteiger partial charge in [0.1, 0.15) is 12.4 Å². The van der Waals surface area contributed by atoms with E-state index in [2.05, 4.69) is 17.2 Å². The lowest BCUT2D eigenvalue weighted by Crippen LogP contribution is -2.32. The van der Waals surface area contributed by atoms with Gasteiger partial charge in [0, 0.05) is 18.8 Å². The highest BCUT2D eigenvalue weighted by Gasteiger charge is 2.00. The minimum absolute atomic E-state index is 0.268. The third-order valence-electron chi connectivity index (χ3n) is 2.03. The van der Waals surface area contributed by atoms with Crippen LogP contribution in [0.5, 0.6) is 5.75 Å². The van der Waals surface area contributed by atoms with Gasteiger partial charge in [-0.25, -0.2) is 4.79 Å². The summed E-state index contributed by atoms with van der Waals surface area (Å²) in [6, 6.07) is 6.87. The first-order valence-corrected chi connectivity index (χ1v) is 5.74. The number of hydrogen-bond donors (Lipinski definition) is 3. The predicted molar refractivity (Wildman–Crippen MR) is 72.8 cm³/mol. The topological polar surface area (TPSA) is 76.4 Å². The van der Waals surface area contributed by atoms with Crippen LogP contribution in [-0.4, -0.2) is 25.7 Å². The number of carbonyl (C=O) groups is 1. The number of amides is 2. The van der Waals surface area contributed by atoms with E-state index in [4.69, 9.17) is 10.5 Å². The number of nitrogens with two attached hydrogens (primary N) is 1. The Bertz CT molecular complexity index is 401. The van der Waals surface area contributed by atoms with Crippen LogP contribution in [0.4, 0.5) is 10.5 Å². The highest BCUT2D eigenvalue weighted by Crippen LogP contribution is 2.15. The molecule has 5 nitrogen and oxygen atoms in total. The number of urea groups is 1. The number of carbonyl (C=O) groups excluding carboxylic acids is 1. The van der Waals surface area contributed by atoms with E-state index in [1.54, 1.807) is 24.3 Å². The summed E-state index contributed by atoms with van der Waals surface area (Å²) in [4.78, 5) is 11.4. The van der Waals surface area contributed by atoms with Crippen LogP contribution in [-0.2, 0) is 0 Å². The Labute approximate surface area is 107 Å². The molecule has 0 saturated heterocycles. The maximum Gasteiger partial charge on any atom is 0.319 e. The quantitative estimate of drug-likeness (QED) is 0.672. The number of hydrogen-bond acceptors (Lipinski definition) is 3. The van der Waals surface area contributed by atoms with Crippen molar-refractivity contribution in [3.63, 3.8) is 0 Å². The molecule has 0 heterocycles. The molecule has 4 N–H and O–H groups in total. The normalized spacial score (nSPS) is 9.67. The molecule has 5 heteroatoms. The molecule has 0 aliphatic rings. The van der Waals surface area contributed by atoms with E-state index in [-0.39, 0.29) is 6.03 Å². The van der Waals surface area contributed by atoms with Crippen molar-refractivity contribution < 1.29 is 9.53 Å². The fourth-order valence-electron chi connectivity index (χ4n) is 1.20. The van der Waals surface area contributed by atoms with Crippen LogP contribution < -0.4 is 21.1 Å². The standard InChI is InChI=1S/C13H19N3O2/c1-10(2)9-18-12-5-3-11(4-6-12)16-13(17)15-8-7-14/h3-6H,1,7-9,14H2,2H3,(H2,15,16,17). The molecule has 0 bridgehead atoms. The first kappa shape index (κ1) is 14.1. The summed E-state index contributed by atoms with van der Waals surface area (Å²) < 4.78 is 5.45. The fourth-order valence-corrected chi connectivity index (χ4v) is 1.20. The highest BCUT2D eigenvalue weighted by molar-refractivity contribution is 5.89. The van der Waals surface area contributed by atoms with Gasteiger partial charge in [-0.15, -0.1) is 0 Å². The Morgan fingerprint density at radius 1 is 1.39 bits per heavy atom. The molecule has 0 spiro atoms. The average molecular weight is 249 g/mol. The van der Waals surface area contributed by atoms with E-state index < -0.39 is 0 Å². The monoisotopic (exact) mass is 249 g/mol. The fraction of sp³-hybridized carbons (Fsp3) is 0.308. The lowest BCUT2D eigenvalue weighted by atomic mass is 10.3. The SMILES string of the molecule is C=C(C)COc1ccc(NC(=O)NCCN)cc1. The average Bonchev–Trinajstić information content (AvgIpc) is 2.35. The second-order valence-corrected chi connectivity index (χ2v) is 3.94. The van der Waals surface area contributed by atoms with Crippen molar-refractivity contribution in [3.8, 4) is 5.75 Å². The zero-order valence-corrected chi connectivity index (χ0v) is 10.5. The van der Waals surface area contributed by atoms with Crippen molar-refractivity contribution >= 4 is 11.7 Å². The summed E-state index contributed by atoms with van der Waals surface area (Å²) >= 11 is 0. The highest BCUT2D eigenvalue weighted by atomic mass is 16.5. The Kier molecular flexibility index (Phi) is 5.73. The maximum absolute atomic E-state index is 11.4. The van der Waals surface area contributed by atoms with Gasteiger partial charge >= 0.3 is 6.03 Å². The van der Waals surface area contributed by atoms with E-state index in [1.807, 2.05) is 6.92 Å². The molecular weight excluding hydrogens is 230 g/mol. The van der Waals surface area contributed by atoms with E-state index >= 15 is 0 Å². The summed E-state index contributed by atoms with van der Waals surface area (Å²) in [7, 11) is 0. The van der Waals surface area contributed by atoms with Crippen molar-refractivity contribution in [1.29, 1.82) is 0 Å². The van der Waals surface area contributed by atoms with Crippen molar-refractivity contribution in [2.45, 2.75) is 6.92 Å². The third-order valence-corrected chi connectivity index (χ3v) is 2.03. The van der Waals surface area contributed by atoms with Gasteiger partial charge in [-0.05, 0) is 36.8 Å². The van der Waals surface area contributed by atoms with E-state index in [9.17, 15) is 4.79 Å². The van der Waals surface area contributed by atoms with Crippen LogP contribution in [0.1, 0.15) is 6.92 Å². The number of ether oxygens (including phenoxy) is 1. The molecule has 0 unspecified atom stereocenters. The first-order chi connectivity index (χ1) is 8.61. The van der Waals surface area contributed by atoms with Gasteiger partial charge in [0.2, 0.25) is 0 Å². The zero-order chi connectivity index (χ0) is 13.4. The second kappa shape index (κ2) is 7.34. The second-order valence-electron chi connectivity index (χ2n) is 3.94. The number of anilines is 1. The molecule has 0 atom stereocenters. The van der Waals surface area contributed by atoms with E-state index in [0.29, 0.717) is 25.4 Å². The maximum atomic E-state index is 11.4. The zero-order valence-electron chi connectivity index (χ0n) is 10.5. The van der Waals surface area contributed by atoms with Crippen LogP contribution in [0.15, 0.2) is 36.4 Å². The molecule has 98 valence electrons. The lowest BCUT2D eigenvalue weighted by molar-refractivity contribution is 0.252. The van der Waals surface area contributed by atoms with Gasteiger partial charge in [-0.2, -0.15) is 0 Å².